The third-order valence-corrected chi connectivity index (χ3v) is 3.53. The highest BCUT2D eigenvalue weighted by atomic mass is 35.5. The topological polar surface area (TPSA) is 29.5 Å². The number of benzene rings is 2. The zero-order valence-electron chi connectivity index (χ0n) is 11.4. The molecule has 0 amide bonds. The Kier molecular flexibility index (Phi) is 4.63. The molecule has 1 unspecified atom stereocenters. The lowest BCUT2D eigenvalue weighted by molar-refractivity contribution is 0.178. The number of methoxy groups -OCH3 is 1. The van der Waals surface area contributed by atoms with Crippen LogP contribution < -0.4 is 4.74 Å². The van der Waals surface area contributed by atoms with Crippen LogP contribution in [-0.2, 0) is 6.42 Å². The maximum Gasteiger partial charge on any atom is 0.127 e. The Morgan fingerprint density at radius 3 is 2.75 bits per heavy atom. The zero-order chi connectivity index (χ0) is 14.7. The second-order valence-corrected chi connectivity index (χ2v) is 5.10. The number of ether oxygens (including phenoxy) is 1. The SMILES string of the molecule is COc1cccc(CC(O)c2cc(C)c(F)cc2Cl)c1. The van der Waals surface area contributed by atoms with Crippen LogP contribution in [0.5, 0.6) is 5.75 Å². The molecule has 1 N–H and O–H groups in total. The van der Waals surface area contributed by atoms with E-state index >= 15 is 0 Å². The van der Waals surface area contributed by atoms with E-state index in [1.54, 1.807) is 20.1 Å². The van der Waals surface area contributed by atoms with E-state index in [1.807, 2.05) is 24.3 Å². The van der Waals surface area contributed by atoms with Crippen LogP contribution >= 0.6 is 11.6 Å². The first-order valence-corrected chi connectivity index (χ1v) is 6.65. The number of aryl methyl sites for hydroxylation is 1. The van der Waals surface area contributed by atoms with Crippen molar-refractivity contribution in [3.05, 3.63) is 63.9 Å². The zero-order valence-corrected chi connectivity index (χ0v) is 12.1. The summed E-state index contributed by atoms with van der Waals surface area (Å²) in [6, 6.07) is 10.3. The highest BCUT2D eigenvalue weighted by Crippen LogP contribution is 2.29. The summed E-state index contributed by atoms with van der Waals surface area (Å²) in [6.07, 6.45) is -0.393. The number of halogens is 2. The summed E-state index contributed by atoms with van der Waals surface area (Å²) in [6.45, 7) is 1.65. The van der Waals surface area contributed by atoms with Gasteiger partial charge in [-0.25, -0.2) is 4.39 Å². The average Bonchev–Trinajstić information content (AvgIpc) is 2.43. The Labute approximate surface area is 122 Å². The van der Waals surface area contributed by atoms with E-state index in [9.17, 15) is 9.50 Å². The third kappa shape index (κ3) is 3.30. The fraction of sp³-hybridized carbons (Fsp3) is 0.250. The Balaban J connectivity index is 2.23. The third-order valence-electron chi connectivity index (χ3n) is 3.20. The molecule has 0 heterocycles. The second kappa shape index (κ2) is 6.25. The fourth-order valence-electron chi connectivity index (χ4n) is 2.07. The Hall–Kier alpha value is -1.58. The number of hydrogen-bond donors (Lipinski definition) is 1. The second-order valence-electron chi connectivity index (χ2n) is 4.69. The van der Waals surface area contributed by atoms with Gasteiger partial charge in [0.2, 0.25) is 0 Å². The van der Waals surface area contributed by atoms with Crippen LogP contribution in [0.1, 0.15) is 22.8 Å². The highest BCUT2D eigenvalue weighted by Gasteiger charge is 2.15. The first-order valence-electron chi connectivity index (χ1n) is 6.28. The quantitative estimate of drug-likeness (QED) is 0.921. The van der Waals surface area contributed by atoms with Gasteiger partial charge in [-0.2, -0.15) is 0 Å². The van der Waals surface area contributed by atoms with E-state index in [4.69, 9.17) is 16.3 Å². The van der Waals surface area contributed by atoms with E-state index < -0.39 is 6.10 Å². The summed E-state index contributed by atoms with van der Waals surface area (Å²) >= 11 is 6.00. The minimum absolute atomic E-state index is 0.239. The summed E-state index contributed by atoms with van der Waals surface area (Å²) in [5.74, 6) is 0.364. The Morgan fingerprint density at radius 1 is 1.30 bits per heavy atom. The van der Waals surface area contributed by atoms with Crippen molar-refractivity contribution >= 4 is 11.6 Å². The molecule has 2 rings (SSSR count). The summed E-state index contributed by atoms with van der Waals surface area (Å²) < 4.78 is 18.5. The van der Waals surface area contributed by atoms with Crippen molar-refractivity contribution in [3.8, 4) is 5.75 Å². The van der Waals surface area contributed by atoms with Crippen molar-refractivity contribution in [2.24, 2.45) is 0 Å². The van der Waals surface area contributed by atoms with E-state index in [2.05, 4.69) is 0 Å². The number of rotatable bonds is 4. The van der Waals surface area contributed by atoms with Gasteiger partial charge in [0, 0.05) is 11.4 Å². The Morgan fingerprint density at radius 2 is 2.05 bits per heavy atom. The first kappa shape index (κ1) is 14.8. The van der Waals surface area contributed by atoms with Gasteiger partial charge in [0.25, 0.3) is 0 Å². The van der Waals surface area contributed by atoms with Crippen LogP contribution in [0.15, 0.2) is 36.4 Å². The molecular weight excluding hydrogens is 279 g/mol. The van der Waals surface area contributed by atoms with Crippen molar-refractivity contribution in [1.82, 2.24) is 0 Å². The minimum atomic E-state index is -0.783. The van der Waals surface area contributed by atoms with Crippen molar-refractivity contribution in [2.75, 3.05) is 7.11 Å². The van der Waals surface area contributed by atoms with Crippen LogP contribution in [0.4, 0.5) is 4.39 Å². The van der Waals surface area contributed by atoms with Gasteiger partial charge in [-0.15, -0.1) is 0 Å². The van der Waals surface area contributed by atoms with E-state index in [1.165, 1.54) is 6.07 Å². The molecule has 0 aliphatic rings. The van der Waals surface area contributed by atoms with Gasteiger partial charge in [-0.1, -0.05) is 23.7 Å². The normalized spacial score (nSPS) is 12.2. The smallest absolute Gasteiger partial charge is 0.127 e. The standard InChI is InChI=1S/C16H16ClFO2/c1-10-6-13(14(17)9-15(10)18)16(19)8-11-4-3-5-12(7-11)20-2/h3-7,9,16,19H,8H2,1-2H3. The van der Waals surface area contributed by atoms with E-state index in [-0.39, 0.29) is 10.8 Å². The van der Waals surface area contributed by atoms with Crippen LogP contribution in [0, 0.1) is 12.7 Å². The van der Waals surface area contributed by atoms with Gasteiger partial charge in [-0.05, 0) is 47.9 Å². The van der Waals surface area contributed by atoms with Gasteiger partial charge in [0.1, 0.15) is 11.6 Å². The maximum atomic E-state index is 13.4. The molecule has 1 atom stereocenters. The molecule has 20 heavy (non-hydrogen) atoms. The molecule has 0 radical (unpaired) electrons. The molecule has 0 saturated carbocycles. The molecule has 0 saturated heterocycles. The molecule has 0 aliphatic heterocycles. The predicted molar refractivity (Wildman–Crippen MR) is 77.8 cm³/mol. The molecule has 4 heteroatoms. The molecule has 106 valence electrons. The first-order chi connectivity index (χ1) is 9.51. The van der Waals surface area contributed by atoms with Crippen molar-refractivity contribution in [2.45, 2.75) is 19.4 Å². The fourth-order valence-corrected chi connectivity index (χ4v) is 2.34. The van der Waals surface area contributed by atoms with Gasteiger partial charge in [-0.3, -0.25) is 0 Å². The van der Waals surface area contributed by atoms with Crippen LogP contribution in [-0.4, -0.2) is 12.2 Å². The summed E-state index contributed by atoms with van der Waals surface area (Å²) in [7, 11) is 1.59. The van der Waals surface area contributed by atoms with Crippen molar-refractivity contribution < 1.29 is 14.2 Å². The van der Waals surface area contributed by atoms with Crippen molar-refractivity contribution in [3.63, 3.8) is 0 Å². The van der Waals surface area contributed by atoms with Crippen LogP contribution in [0.3, 0.4) is 0 Å². The average molecular weight is 295 g/mol. The number of aliphatic hydroxyl groups is 1. The summed E-state index contributed by atoms with van der Waals surface area (Å²) in [5.41, 5.74) is 1.93. The minimum Gasteiger partial charge on any atom is -0.497 e. The van der Waals surface area contributed by atoms with E-state index in [0.717, 1.165) is 11.3 Å². The summed E-state index contributed by atoms with van der Waals surface area (Å²) in [4.78, 5) is 0. The lowest BCUT2D eigenvalue weighted by Crippen LogP contribution is -2.04. The predicted octanol–water partition coefficient (Wildman–Crippen LogP) is 4.07. The molecule has 2 aromatic carbocycles. The summed E-state index contributed by atoms with van der Waals surface area (Å²) in [5, 5.41) is 10.5. The maximum absolute atomic E-state index is 13.4. The van der Waals surface area contributed by atoms with Crippen LogP contribution in [0.2, 0.25) is 5.02 Å². The Bertz CT molecular complexity index is 613. The lowest BCUT2D eigenvalue weighted by Gasteiger charge is -2.14. The molecule has 0 aromatic heterocycles. The molecule has 0 bridgehead atoms. The molecule has 0 spiro atoms. The van der Waals surface area contributed by atoms with Gasteiger partial charge < -0.3 is 9.84 Å². The van der Waals surface area contributed by atoms with E-state index in [0.29, 0.717) is 17.5 Å². The van der Waals surface area contributed by atoms with Crippen molar-refractivity contribution in [1.29, 1.82) is 0 Å². The number of aliphatic hydroxyl groups excluding tert-OH is 1. The molecule has 2 nitrogen and oxygen atoms in total. The number of hydrogen-bond acceptors (Lipinski definition) is 2. The molecule has 0 aliphatic carbocycles. The van der Waals surface area contributed by atoms with Gasteiger partial charge >= 0.3 is 0 Å². The molecule has 0 fully saturated rings. The monoisotopic (exact) mass is 294 g/mol. The molecule has 2 aromatic rings. The molecular formula is C16H16ClFO2. The van der Waals surface area contributed by atoms with Crippen LogP contribution in [0.25, 0.3) is 0 Å². The largest absolute Gasteiger partial charge is 0.497 e. The van der Waals surface area contributed by atoms with Gasteiger partial charge in [0.15, 0.2) is 0 Å². The lowest BCUT2D eigenvalue weighted by atomic mass is 9.99. The highest BCUT2D eigenvalue weighted by molar-refractivity contribution is 6.31. The van der Waals surface area contributed by atoms with Gasteiger partial charge in [0.05, 0.1) is 13.2 Å².